The molecule has 2 aliphatic rings. The summed E-state index contributed by atoms with van der Waals surface area (Å²) >= 11 is 0. The van der Waals surface area contributed by atoms with Crippen LogP contribution in [0.1, 0.15) is 21.5 Å². The van der Waals surface area contributed by atoms with Crippen LogP contribution in [0.15, 0.2) is 53.5 Å². The molecule has 0 radical (unpaired) electrons. The number of hydrogen-bond donors (Lipinski definition) is 0. The van der Waals surface area contributed by atoms with Crippen molar-refractivity contribution in [3.8, 4) is 5.75 Å². The summed E-state index contributed by atoms with van der Waals surface area (Å²) in [6.07, 6.45) is 0. The van der Waals surface area contributed by atoms with Gasteiger partial charge in [0.05, 0.1) is 19.2 Å². The summed E-state index contributed by atoms with van der Waals surface area (Å²) in [6.45, 7) is 1.72. The van der Waals surface area contributed by atoms with Crippen molar-refractivity contribution in [1.82, 2.24) is 10.0 Å². The molecular weight excluding hydrogens is 358 g/mol. The fourth-order valence-electron chi connectivity index (χ4n) is 3.81. The second-order valence-electron chi connectivity index (χ2n) is 6.63. The molecule has 0 atom stereocenters. The molecule has 7 heteroatoms. The van der Waals surface area contributed by atoms with Crippen LogP contribution in [0.3, 0.4) is 0 Å². The number of nitrogens with zero attached hydrogens (tertiary/aromatic N) is 3. The van der Waals surface area contributed by atoms with Crippen molar-refractivity contribution in [3.63, 3.8) is 0 Å². The number of benzene rings is 2. The van der Waals surface area contributed by atoms with E-state index in [4.69, 9.17) is 14.2 Å². The second-order valence-corrected chi connectivity index (χ2v) is 6.63. The number of amides is 1. The summed E-state index contributed by atoms with van der Waals surface area (Å²) in [5.74, 6) is -0.0954. The van der Waals surface area contributed by atoms with Gasteiger partial charge in [0.1, 0.15) is 5.75 Å². The standard InChI is InChI=1S/C21H23N3O4/c1-26-16-10-8-15(9-11-16)14-23-13-12-22-20-21(27-2,28-3)18-7-5-4-6-17(18)19(25)24(20)23/h4-11H,12-14H2,1-3H3. The Kier molecular flexibility index (Phi) is 4.89. The second kappa shape index (κ2) is 7.35. The van der Waals surface area contributed by atoms with Gasteiger partial charge in [-0.25, -0.2) is 10.0 Å². The van der Waals surface area contributed by atoms with E-state index in [1.165, 1.54) is 0 Å². The molecule has 146 valence electrons. The summed E-state index contributed by atoms with van der Waals surface area (Å²) in [5, 5.41) is 3.58. The molecule has 0 saturated heterocycles. The minimum absolute atomic E-state index is 0.132. The van der Waals surface area contributed by atoms with E-state index in [1.54, 1.807) is 32.4 Å². The zero-order valence-corrected chi connectivity index (χ0v) is 16.2. The maximum Gasteiger partial charge on any atom is 0.274 e. The maximum absolute atomic E-state index is 13.3. The fraction of sp³-hybridized carbons (Fsp3) is 0.333. The van der Waals surface area contributed by atoms with E-state index in [2.05, 4.69) is 4.99 Å². The number of ether oxygens (including phenoxy) is 3. The van der Waals surface area contributed by atoms with Crippen LogP contribution in [0.5, 0.6) is 5.75 Å². The Hall–Kier alpha value is -2.74. The van der Waals surface area contributed by atoms with Crippen molar-refractivity contribution in [2.75, 3.05) is 34.4 Å². The minimum atomic E-state index is -1.22. The van der Waals surface area contributed by atoms with Crippen LogP contribution in [0.25, 0.3) is 0 Å². The zero-order valence-electron chi connectivity index (χ0n) is 16.2. The Morgan fingerprint density at radius 2 is 1.75 bits per heavy atom. The first-order valence-corrected chi connectivity index (χ1v) is 9.11. The van der Waals surface area contributed by atoms with Crippen LogP contribution in [0.4, 0.5) is 0 Å². The summed E-state index contributed by atoms with van der Waals surface area (Å²) in [7, 11) is 4.78. The maximum atomic E-state index is 13.3. The molecule has 28 heavy (non-hydrogen) atoms. The first kappa shape index (κ1) is 18.6. The predicted octanol–water partition coefficient (Wildman–Crippen LogP) is 2.43. The van der Waals surface area contributed by atoms with Gasteiger partial charge in [-0.2, -0.15) is 0 Å². The Bertz CT molecular complexity index is 906. The smallest absolute Gasteiger partial charge is 0.274 e. The molecule has 0 fully saturated rings. The molecule has 0 bridgehead atoms. The number of rotatable bonds is 5. The molecule has 0 N–H and O–H groups in total. The van der Waals surface area contributed by atoms with Gasteiger partial charge in [-0.3, -0.25) is 9.79 Å². The summed E-state index contributed by atoms with van der Waals surface area (Å²) < 4.78 is 16.8. The number of aliphatic imine (C=N–C) groups is 1. The molecule has 0 aromatic heterocycles. The molecular formula is C21H23N3O4. The lowest BCUT2D eigenvalue weighted by Crippen LogP contribution is -2.63. The van der Waals surface area contributed by atoms with E-state index in [0.717, 1.165) is 11.3 Å². The molecule has 0 spiro atoms. The van der Waals surface area contributed by atoms with Crippen molar-refractivity contribution in [2.45, 2.75) is 12.3 Å². The predicted molar refractivity (Wildman–Crippen MR) is 104 cm³/mol. The van der Waals surface area contributed by atoms with Crippen LogP contribution < -0.4 is 4.74 Å². The molecule has 2 aliphatic heterocycles. The van der Waals surface area contributed by atoms with Gasteiger partial charge in [0.2, 0.25) is 0 Å². The van der Waals surface area contributed by atoms with Crippen molar-refractivity contribution in [1.29, 1.82) is 0 Å². The van der Waals surface area contributed by atoms with E-state index in [9.17, 15) is 4.79 Å². The van der Waals surface area contributed by atoms with E-state index in [-0.39, 0.29) is 5.91 Å². The van der Waals surface area contributed by atoms with Crippen molar-refractivity contribution in [2.24, 2.45) is 4.99 Å². The number of carbonyl (C=O) groups excluding carboxylic acids is 1. The average molecular weight is 381 g/mol. The molecule has 2 heterocycles. The number of hydrogen-bond acceptors (Lipinski definition) is 6. The van der Waals surface area contributed by atoms with Crippen LogP contribution >= 0.6 is 0 Å². The molecule has 2 aromatic carbocycles. The van der Waals surface area contributed by atoms with E-state index in [1.807, 2.05) is 47.5 Å². The van der Waals surface area contributed by atoms with Crippen molar-refractivity contribution in [3.05, 3.63) is 65.2 Å². The normalized spacial score (nSPS) is 18.3. The quantitative estimate of drug-likeness (QED) is 0.745. The first-order valence-electron chi connectivity index (χ1n) is 9.11. The number of amidine groups is 1. The number of carbonyl (C=O) groups is 1. The molecule has 0 aliphatic carbocycles. The summed E-state index contributed by atoms with van der Waals surface area (Å²) in [4.78, 5) is 18.0. The van der Waals surface area contributed by atoms with Gasteiger partial charge in [0.15, 0.2) is 5.84 Å². The van der Waals surface area contributed by atoms with Gasteiger partial charge in [-0.15, -0.1) is 0 Å². The number of fused-ring (bicyclic) bond motifs is 2. The topological polar surface area (TPSA) is 63.6 Å². The Labute approximate surface area is 164 Å². The number of methoxy groups -OCH3 is 3. The third-order valence-electron chi connectivity index (χ3n) is 5.20. The number of hydrazine groups is 1. The van der Waals surface area contributed by atoms with Gasteiger partial charge >= 0.3 is 0 Å². The lowest BCUT2D eigenvalue weighted by molar-refractivity contribution is -0.176. The van der Waals surface area contributed by atoms with Gasteiger partial charge < -0.3 is 14.2 Å². The van der Waals surface area contributed by atoms with Gasteiger partial charge in [-0.05, 0) is 23.8 Å². The van der Waals surface area contributed by atoms with Crippen LogP contribution in [-0.4, -0.2) is 56.2 Å². The lowest BCUT2D eigenvalue weighted by atomic mass is 9.92. The molecule has 2 aromatic rings. The van der Waals surface area contributed by atoms with Crippen molar-refractivity contribution >= 4 is 11.7 Å². The van der Waals surface area contributed by atoms with E-state index >= 15 is 0 Å². The highest BCUT2D eigenvalue weighted by Gasteiger charge is 2.52. The zero-order chi connectivity index (χ0) is 19.7. The van der Waals surface area contributed by atoms with E-state index in [0.29, 0.717) is 36.6 Å². The average Bonchev–Trinajstić information content (AvgIpc) is 2.75. The van der Waals surface area contributed by atoms with Crippen LogP contribution in [-0.2, 0) is 21.8 Å². The van der Waals surface area contributed by atoms with Crippen molar-refractivity contribution < 1.29 is 19.0 Å². The first-order chi connectivity index (χ1) is 13.6. The third kappa shape index (κ3) is 2.79. The SMILES string of the molecule is COc1ccc(CN2CCN=C3N2C(=O)c2ccccc2C3(OC)OC)cc1. The van der Waals surface area contributed by atoms with Gasteiger partial charge in [0, 0.05) is 32.9 Å². The Morgan fingerprint density at radius 1 is 1.04 bits per heavy atom. The minimum Gasteiger partial charge on any atom is -0.497 e. The van der Waals surface area contributed by atoms with Gasteiger partial charge in [-0.1, -0.05) is 30.3 Å². The Morgan fingerprint density at radius 3 is 2.43 bits per heavy atom. The molecule has 4 rings (SSSR count). The van der Waals surface area contributed by atoms with E-state index < -0.39 is 5.79 Å². The summed E-state index contributed by atoms with van der Waals surface area (Å²) in [6, 6.07) is 15.2. The fourth-order valence-corrected chi connectivity index (χ4v) is 3.81. The molecule has 0 saturated carbocycles. The monoisotopic (exact) mass is 381 g/mol. The van der Waals surface area contributed by atoms with Crippen LogP contribution in [0.2, 0.25) is 0 Å². The highest BCUT2D eigenvalue weighted by atomic mass is 16.7. The molecule has 1 amide bonds. The third-order valence-corrected chi connectivity index (χ3v) is 5.20. The van der Waals surface area contributed by atoms with Gasteiger partial charge in [0.25, 0.3) is 11.7 Å². The highest BCUT2D eigenvalue weighted by Crippen LogP contribution is 2.39. The summed E-state index contributed by atoms with van der Waals surface area (Å²) in [5.41, 5.74) is 2.28. The Balaban J connectivity index is 1.75. The highest BCUT2D eigenvalue weighted by molar-refractivity contribution is 6.13. The largest absolute Gasteiger partial charge is 0.497 e. The van der Waals surface area contributed by atoms with Crippen LogP contribution in [0, 0.1) is 0 Å². The molecule has 7 nitrogen and oxygen atoms in total. The lowest BCUT2D eigenvalue weighted by Gasteiger charge is -2.47. The molecule has 0 unspecified atom stereocenters.